The third-order valence-electron chi connectivity index (χ3n) is 4.52. The van der Waals surface area contributed by atoms with Crippen molar-refractivity contribution in [3.8, 4) is 0 Å². The van der Waals surface area contributed by atoms with Gasteiger partial charge >= 0.3 is 0 Å². The average Bonchev–Trinajstić information content (AvgIpc) is 2.54. The highest BCUT2D eigenvalue weighted by Crippen LogP contribution is 2.20. The van der Waals surface area contributed by atoms with Crippen LogP contribution in [-0.4, -0.2) is 51.4 Å². The summed E-state index contributed by atoms with van der Waals surface area (Å²) in [5.41, 5.74) is 2.20. The quantitative estimate of drug-likeness (QED) is 0.778. The zero-order chi connectivity index (χ0) is 17.6. The number of carbonyl (C=O) groups is 1. The van der Waals surface area contributed by atoms with Crippen molar-refractivity contribution >= 4 is 5.91 Å². The van der Waals surface area contributed by atoms with Crippen LogP contribution in [-0.2, 0) is 17.8 Å². The predicted octanol–water partition coefficient (Wildman–Crippen LogP) is 2.39. The van der Waals surface area contributed by atoms with Crippen molar-refractivity contribution in [2.24, 2.45) is 5.92 Å². The van der Waals surface area contributed by atoms with E-state index in [-0.39, 0.29) is 5.91 Å². The molecule has 2 aromatic rings. The molecular weight excluding hydrogens is 312 g/mol. The van der Waals surface area contributed by atoms with Crippen LogP contribution in [0.25, 0.3) is 0 Å². The highest BCUT2D eigenvalue weighted by molar-refractivity contribution is 5.79. The lowest BCUT2D eigenvalue weighted by Gasteiger charge is -2.46. The molecule has 0 unspecified atom stereocenters. The topological polar surface area (TPSA) is 49.3 Å². The minimum absolute atomic E-state index is 0.190. The van der Waals surface area contributed by atoms with Gasteiger partial charge in [0.15, 0.2) is 0 Å². The van der Waals surface area contributed by atoms with Gasteiger partial charge in [0.1, 0.15) is 0 Å². The number of hydrogen-bond acceptors (Lipinski definition) is 4. The van der Waals surface area contributed by atoms with Crippen LogP contribution in [0.4, 0.5) is 0 Å². The molecule has 2 aromatic heterocycles. The lowest BCUT2D eigenvalue weighted by Crippen LogP contribution is -2.61. The van der Waals surface area contributed by atoms with Crippen LogP contribution in [0.2, 0.25) is 0 Å². The summed E-state index contributed by atoms with van der Waals surface area (Å²) in [5, 5.41) is 0. The Kier molecular flexibility index (Phi) is 5.76. The molecule has 0 atom stereocenters. The molecule has 1 saturated heterocycles. The summed E-state index contributed by atoms with van der Waals surface area (Å²) in [6, 6.07) is 8.35. The van der Waals surface area contributed by atoms with Crippen LogP contribution in [0.15, 0.2) is 49.1 Å². The Morgan fingerprint density at radius 2 is 1.80 bits per heavy atom. The second-order valence-corrected chi connectivity index (χ2v) is 7.18. The van der Waals surface area contributed by atoms with E-state index in [1.54, 1.807) is 18.6 Å². The van der Waals surface area contributed by atoms with Crippen molar-refractivity contribution in [1.29, 1.82) is 0 Å². The van der Waals surface area contributed by atoms with Gasteiger partial charge in [0.2, 0.25) is 5.91 Å². The molecule has 1 aliphatic heterocycles. The summed E-state index contributed by atoms with van der Waals surface area (Å²) >= 11 is 0. The number of amides is 1. The van der Waals surface area contributed by atoms with E-state index >= 15 is 0 Å². The van der Waals surface area contributed by atoms with Gasteiger partial charge in [0, 0.05) is 57.0 Å². The monoisotopic (exact) mass is 338 g/mol. The van der Waals surface area contributed by atoms with Gasteiger partial charge in [-0.2, -0.15) is 0 Å². The average molecular weight is 338 g/mol. The van der Waals surface area contributed by atoms with Gasteiger partial charge in [-0.25, -0.2) is 0 Å². The highest BCUT2D eigenvalue weighted by Gasteiger charge is 2.34. The smallest absolute Gasteiger partial charge is 0.227 e. The Labute approximate surface area is 149 Å². The summed E-state index contributed by atoms with van der Waals surface area (Å²) in [5.74, 6) is 0.784. The van der Waals surface area contributed by atoms with E-state index in [1.165, 1.54) is 5.56 Å². The van der Waals surface area contributed by atoms with Crippen LogP contribution >= 0.6 is 0 Å². The molecule has 25 heavy (non-hydrogen) atoms. The predicted molar refractivity (Wildman–Crippen MR) is 97.8 cm³/mol. The molecule has 3 heterocycles. The maximum absolute atomic E-state index is 12.4. The summed E-state index contributed by atoms with van der Waals surface area (Å²) in [6.07, 6.45) is 7.67. The molecule has 0 bridgehead atoms. The number of nitrogens with zero attached hydrogens (tertiary/aromatic N) is 4. The first-order valence-electron chi connectivity index (χ1n) is 8.91. The molecule has 5 nitrogen and oxygen atoms in total. The van der Waals surface area contributed by atoms with E-state index in [0.717, 1.165) is 31.7 Å². The molecule has 1 fully saturated rings. The molecule has 5 heteroatoms. The van der Waals surface area contributed by atoms with Crippen LogP contribution in [0.1, 0.15) is 25.0 Å². The Hall–Kier alpha value is -2.27. The highest BCUT2D eigenvalue weighted by atomic mass is 16.2. The number of likely N-dealkylation sites (tertiary alicyclic amines) is 1. The molecule has 0 N–H and O–H groups in total. The van der Waals surface area contributed by atoms with Gasteiger partial charge < -0.3 is 4.90 Å². The minimum atomic E-state index is 0.190. The van der Waals surface area contributed by atoms with Gasteiger partial charge in [-0.3, -0.25) is 19.7 Å². The van der Waals surface area contributed by atoms with Crippen LogP contribution in [0.3, 0.4) is 0 Å². The van der Waals surface area contributed by atoms with E-state index in [9.17, 15) is 4.79 Å². The maximum atomic E-state index is 12.4. The van der Waals surface area contributed by atoms with Crippen molar-refractivity contribution in [1.82, 2.24) is 19.8 Å². The number of aromatic nitrogens is 2. The first-order chi connectivity index (χ1) is 12.1. The van der Waals surface area contributed by atoms with Crippen molar-refractivity contribution in [3.05, 3.63) is 60.2 Å². The maximum Gasteiger partial charge on any atom is 0.227 e. The Morgan fingerprint density at radius 1 is 1.16 bits per heavy atom. The van der Waals surface area contributed by atoms with Gasteiger partial charge in [-0.1, -0.05) is 26.0 Å². The second kappa shape index (κ2) is 8.21. The van der Waals surface area contributed by atoms with Crippen molar-refractivity contribution in [3.63, 3.8) is 0 Å². The lowest BCUT2D eigenvalue weighted by molar-refractivity contribution is -0.138. The zero-order valence-electron chi connectivity index (χ0n) is 15.0. The van der Waals surface area contributed by atoms with Gasteiger partial charge in [-0.05, 0) is 29.2 Å². The van der Waals surface area contributed by atoms with Crippen molar-refractivity contribution < 1.29 is 4.79 Å². The number of pyridine rings is 2. The SMILES string of the molecule is CC(C)CN(Cc1cccnc1)C1CN(C(=O)Cc2cccnc2)C1. The largest absolute Gasteiger partial charge is 0.339 e. The molecule has 0 aliphatic carbocycles. The van der Waals surface area contributed by atoms with E-state index in [2.05, 4.69) is 34.8 Å². The molecule has 0 radical (unpaired) electrons. The first kappa shape index (κ1) is 17.5. The number of rotatable bonds is 7. The van der Waals surface area contributed by atoms with Gasteiger partial charge in [0.25, 0.3) is 0 Å². The third kappa shape index (κ3) is 4.86. The normalized spacial score (nSPS) is 14.8. The molecule has 3 rings (SSSR count). The molecule has 0 saturated carbocycles. The molecule has 132 valence electrons. The standard InChI is InChI=1S/C20H26N4O/c1-16(2)12-23(13-18-6-4-8-22-11-18)19-14-24(15-19)20(25)9-17-5-3-7-21-10-17/h3-8,10-11,16,19H,9,12-15H2,1-2H3. The molecule has 0 spiro atoms. The fraction of sp³-hybridized carbons (Fsp3) is 0.450. The Morgan fingerprint density at radius 3 is 2.36 bits per heavy atom. The van der Waals surface area contributed by atoms with Gasteiger partial charge in [0.05, 0.1) is 6.42 Å². The summed E-state index contributed by atoms with van der Waals surface area (Å²) in [4.78, 5) is 25.1. The lowest BCUT2D eigenvalue weighted by atomic mass is 10.0. The second-order valence-electron chi connectivity index (χ2n) is 7.18. The van der Waals surface area contributed by atoms with Crippen LogP contribution in [0, 0.1) is 5.92 Å². The van der Waals surface area contributed by atoms with E-state index in [1.807, 2.05) is 29.3 Å². The van der Waals surface area contributed by atoms with E-state index < -0.39 is 0 Å². The number of hydrogen-bond donors (Lipinski definition) is 0. The summed E-state index contributed by atoms with van der Waals surface area (Å²) in [6.45, 7) is 8.02. The first-order valence-corrected chi connectivity index (χ1v) is 8.91. The fourth-order valence-electron chi connectivity index (χ4n) is 3.22. The Bertz CT molecular complexity index is 669. The third-order valence-corrected chi connectivity index (χ3v) is 4.52. The zero-order valence-corrected chi connectivity index (χ0v) is 15.0. The van der Waals surface area contributed by atoms with Crippen molar-refractivity contribution in [2.75, 3.05) is 19.6 Å². The van der Waals surface area contributed by atoms with Crippen LogP contribution < -0.4 is 0 Å². The summed E-state index contributed by atoms with van der Waals surface area (Å²) in [7, 11) is 0. The van der Waals surface area contributed by atoms with Gasteiger partial charge in [-0.15, -0.1) is 0 Å². The molecule has 1 aliphatic rings. The number of carbonyl (C=O) groups excluding carboxylic acids is 1. The molecule has 1 amide bonds. The van der Waals surface area contributed by atoms with Crippen LogP contribution in [0.5, 0.6) is 0 Å². The molecule has 0 aromatic carbocycles. The minimum Gasteiger partial charge on any atom is -0.339 e. The Balaban J connectivity index is 1.55. The molecular formula is C20H26N4O. The van der Waals surface area contributed by atoms with Crippen molar-refractivity contribution in [2.45, 2.75) is 32.9 Å². The summed E-state index contributed by atoms with van der Waals surface area (Å²) < 4.78 is 0. The fourth-order valence-corrected chi connectivity index (χ4v) is 3.22. The van der Waals surface area contributed by atoms with E-state index in [0.29, 0.717) is 18.4 Å². The van der Waals surface area contributed by atoms with E-state index in [4.69, 9.17) is 0 Å².